The Morgan fingerprint density at radius 3 is 2.47 bits per heavy atom. The van der Waals surface area contributed by atoms with Crippen molar-refractivity contribution >= 4 is 5.69 Å². The molecule has 0 spiro atoms. The van der Waals surface area contributed by atoms with Crippen LogP contribution in [0, 0.1) is 11.6 Å². The molecule has 2 aromatic carbocycles. The lowest BCUT2D eigenvalue weighted by Crippen LogP contribution is -2.19. The summed E-state index contributed by atoms with van der Waals surface area (Å²) < 4.78 is 26.5. The molecule has 0 saturated heterocycles. The van der Waals surface area contributed by atoms with Gasteiger partial charge in [-0.25, -0.2) is 8.78 Å². The molecule has 19 heavy (non-hydrogen) atoms. The number of aromatic hydroxyl groups is 1. The summed E-state index contributed by atoms with van der Waals surface area (Å²) in [7, 11) is 0. The molecule has 4 heteroatoms. The Morgan fingerprint density at radius 1 is 1.11 bits per heavy atom. The van der Waals surface area contributed by atoms with E-state index in [1.165, 1.54) is 12.1 Å². The summed E-state index contributed by atoms with van der Waals surface area (Å²) >= 11 is 0. The predicted molar refractivity (Wildman–Crippen MR) is 71.3 cm³/mol. The van der Waals surface area contributed by atoms with Crippen LogP contribution in [0.5, 0.6) is 5.75 Å². The highest BCUT2D eigenvalue weighted by Crippen LogP contribution is 2.19. The third-order valence-electron chi connectivity index (χ3n) is 2.83. The third kappa shape index (κ3) is 3.44. The Labute approximate surface area is 110 Å². The van der Waals surface area contributed by atoms with Crippen LogP contribution in [0.3, 0.4) is 0 Å². The quantitative estimate of drug-likeness (QED) is 0.881. The summed E-state index contributed by atoms with van der Waals surface area (Å²) in [5.74, 6) is -1.51. The molecule has 2 rings (SSSR count). The molecule has 2 nitrogen and oxygen atoms in total. The molecule has 2 N–H and O–H groups in total. The molecule has 0 heterocycles. The van der Waals surface area contributed by atoms with Crippen LogP contribution in [-0.2, 0) is 6.42 Å². The Hall–Kier alpha value is -2.10. The molecule has 0 fully saturated rings. The average molecular weight is 263 g/mol. The number of hydrogen-bond donors (Lipinski definition) is 2. The summed E-state index contributed by atoms with van der Waals surface area (Å²) in [5.41, 5.74) is 1.17. The number of phenolic OH excluding ortho intramolecular Hbond substituents is 1. The Bertz CT molecular complexity index is 555. The number of halogens is 2. The monoisotopic (exact) mass is 263 g/mol. The van der Waals surface area contributed by atoms with Crippen LogP contribution >= 0.6 is 0 Å². The first-order valence-electron chi connectivity index (χ1n) is 6.04. The fraction of sp³-hybridized carbons (Fsp3) is 0.200. The molecule has 0 aliphatic rings. The van der Waals surface area contributed by atoms with Gasteiger partial charge in [0.2, 0.25) is 0 Å². The van der Waals surface area contributed by atoms with Gasteiger partial charge < -0.3 is 10.4 Å². The first kappa shape index (κ1) is 13.3. The summed E-state index contributed by atoms with van der Waals surface area (Å²) in [6, 6.07) is 10.8. The molecule has 0 bridgehead atoms. The average Bonchev–Trinajstić information content (AvgIpc) is 2.38. The number of rotatable bonds is 4. The van der Waals surface area contributed by atoms with Crippen molar-refractivity contribution in [1.82, 2.24) is 0 Å². The maximum atomic E-state index is 13.5. The minimum atomic E-state index is -0.861. The minimum Gasteiger partial charge on any atom is -0.508 e. The Morgan fingerprint density at radius 2 is 1.79 bits per heavy atom. The summed E-state index contributed by atoms with van der Waals surface area (Å²) in [6.07, 6.45) is 0.649. The van der Waals surface area contributed by atoms with E-state index in [2.05, 4.69) is 5.32 Å². The van der Waals surface area contributed by atoms with Gasteiger partial charge in [-0.1, -0.05) is 18.2 Å². The first-order chi connectivity index (χ1) is 9.06. The highest BCUT2D eigenvalue weighted by Gasteiger charge is 2.10. The van der Waals surface area contributed by atoms with Gasteiger partial charge >= 0.3 is 0 Å². The molecule has 0 radical (unpaired) electrons. The third-order valence-corrected chi connectivity index (χ3v) is 2.83. The largest absolute Gasteiger partial charge is 0.508 e. The van der Waals surface area contributed by atoms with Crippen molar-refractivity contribution < 1.29 is 13.9 Å². The van der Waals surface area contributed by atoms with Gasteiger partial charge in [-0.3, -0.25) is 0 Å². The molecule has 1 atom stereocenters. The van der Waals surface area contributed by atoms with Crippen molar-refractivity contribution in [2.45, 2.75) is 19.4 Å². The van der Waals surface area contributed by atoms with Crippen molar-refractivity contribution in [3.8, 4) is 5.75 Å². The minimum absolute atomic E-state index is 0.0548. The zero-order chi connectivity index (χ0) is 13.8. The second-order valence-corrected chi connectivity index (χ2v) is 4.52. The number of phenols is 1. The maximum Gasteiger partial charge on any atom is 0.181 e. The number of hydrogen-bond acceptors (Lipinski definition) is 2. The van der Waals surface area contributed by atoms with Crippen molar-refractivity contribution in [3.05, 3.63) is 59.7 Å². The van der Waals surface area contributed by atoms with Crippen LogP contribution in [0.2, 0.25) is 0 Å². The fourth-order valence-electron chi connectivity index (χ4n) is 1.92. The van der Waals surface area contributed by atoms with Gasteiger partial charge in [-0.05, 0) is 43.2 Å². The second-order valence-electron chi connectivity index (χ2n) is 4.52. The lowest BCUT2D eigenvalue weighted by molar-refractivity contribution is 0.475. The topological polar surface area (TPSA) is 32.3 Å². The molecule has 0 amide bonds. The zero-order valence-corrected chi connectivity index (χ0v) is 10.5. The lowest BCUT2D eigenvalue weighted by Gasteiger charge is -2.16. The molecule has 0 saturated carbocycles. The van der Waals surface area contributed by atoms with Crippen molar-refractivity contribution in [1.29, 1.82) is 0 Å². The molecule has 0 aliphatic heterocycles. The number of anilines is 1. The maximum absolute atomic E-state index is 13.5. The van der Waals surface area contributed by atoms with Gasteiger partial charge in [-0.15, -0.1) is 0 Å². The molecule has 0 aliphatic carbocycles. The molecular formula is C15H15F2NO. The van der Waals surface area contributed by atoms with E-state index in [4.69, 9.17) is 0 Å². The zero-order valence-electron chi connectivity index (χ0n) is 10.5. The van der Waals surface area contributed by atoms with Crippen LogP contribution in [0.4, 0.5) is 14.5 Å². The first-order valence-corrected chi connectivity index (χ1v) is 6.04. The summed E-state index contributed by atoms with van der Waals surface area (Å²) in [4.78, 5) is 0. The van der Waals surface area contributed by atoms with Gasteiger partial charge in [-0.2, -0.15) is 0 Å². The van der Waals surface area contributed by atoms with E-state index in [1.54, 1.807) is 24.3 Å². The van der Waals surface area contributed by atoms with Gasteiger partial charge in [0, 0.05) is 6.04 Å². The molecular weight excluding hydrogens is 248 g/mol. The van der Waals surface area contributed by atoms with Crippen LogP contribution in [0.15, 0.2) is 42.5 Å². The molecule has 2 aromatic rings. The highest BCUT2D eigenvalue weighted by atomic mass is 19.2. The molecule has 0 aromatic heterocycles. The van der Waals surface area contributed by atoms with Crippen LogP contribution < -0.4 is 5.32 Å². The SMILES string of the molecule is CC(Cc1ccc(O)cc1)Nc1cccc(F)c1F. The van der Waals surface area contributed by atoms with E-state index < -0.39 is 11.6 Å². The Kier molecular flexibility index (Phi) is 4.00. The fourth-order valence-corrected chi connectivity index (χ4v) is 1.92. The van der Waals surface area contributed by atoms with Gasteiger partial charge in [0.25, 0.3) is 0 Å². The molecule has 100 valence electrons. The van der Waals surface area contributed by atoms with Crippen LogP contribution in [0.25, 0.3) is 0 Å². The van der Waals surface area contributed by atoms with E-state index in [0.717, 1.165) is 11.6 Å². The van der Waals surface area contributed by atoms with E-state index in [0.29, 0.717) is 6.42 Å². The smallest absolute Gasteiger partial charge is 0.181 e. The van der Waals surface area contributed by atoms with E-state index in [-0.39, 0.29) is 17.5 Å². The van der Waals surface area contributed by atoms with E-state index in [1.807, 2.05) is 6.92 Å². The number of benzene rings is 2. The lowest BCUT2D eigenvalue weighted by atomic mass is 10.1. The summed E-state index contributed by atoms with van der Waals surface area (Å²) in [6.45, 7) is 1.89. The van der Waals surface area contributed by atoms with Crippen LogP contribution in [-0.4, -0.2) is 11.1 Å². The van der Waals surface area contributed by atoms with Crippen LogP contribution in [0.1, 0.15) is 12.5 Å². The van der Waals surface area contributed by atoms with Gasteiger partial charge in [0.15, 0.2) is 11.6 Å². The van der Waals surface area contributed by atoms with Gasteiger partial charge in [0.1, 0.15) is 5.75 Å². The summed E-state index contributed by atoms with van der Waals surface area (Å²) in [5, 5.41) is 12.1. The predicted octanol–water partition coefficient (Wildman–Crippen LogP) is 3.71. The Balaban J connectivity index is 2.03. The second kappa shape index (κ2) is 5.69. The van der Waals surface area contributed by atoms with E-state index >= 15 is 0 Å². The standard InChI is InChI=1S/C15H15F2NO/c1-10(9-11-5-7-12(19)8-6-11)18-14-4-2-3-13(16)15(14)17/h2-8,10,18-19H,9H2,1H3. The normalized spacial score (nSPS) is 12.2. The van der Waals surface area contributed by atoms with Crippen molar-refractivity contribution in [3.63, 3.8) is 0 Å². The molecule has 1 unspecified atom stereocenters. The van der Waals surface area contributed by atoms with Gasteiger partial charge in [0.05, 0.1) is 5.69 Å². The van der Waals surface area contributed by atoms with E-state index in [9.17, 15) is 13.9 Å². The van der Waals surface area contributed by atoms with Crippen molar-refractivity contribution in [2.75, 3.05) is 5.32 Å². The highest BCUT2D eigenvalue weighted by molar-refractivity contribution is 5.46. The number of nitrogens with one attached hydrogen (secondary N) is 1. The van der Waals surface area contributed by atoms with Crippen molar-refractivity contribution in [2.24, 2.45) is 0 Å².